The summed E-state index contributed by atoms with van der Waals surface area (Å²) in [6, 6.07) is 0.0179. The van der Waals surface area contributed by atoms with E-state index in [1.54, 1.807) is 0 Å². The van der Waals surface area contributed by atoms with Crippen molar-refractivity contribution in [2.24, 2.45) is 5.73 Å². The molecule has 0 saturated carbocycles. The molecule has 0 bridgehead atoms. The third-order valence-corrected chi connectivity index (χ3v) is 1.79. The first-order valence-electron chi connectivity index (χ1n) is 4.76. The number of hydrogen-bond acceptors (Lipinski definition) is 4. The summed E-state index contributed by atoms with van der Waals surface area (Å²) in [5.74, 6) is -0.327. The number of likely N-dealkylation sites (N-methyl/N-ethyl adjacent to an activating group) is 1. The lowest BCUT2D eigenvalue weighted by molar-refractivity contribution is -0.118. The van der Waals surface area contributed by atoms with E-state index >= 15 is 0 Å². The zero-order chi connectivity index (χ0) is 11.1. The van der Waals surface area contributed by atoms with Crippen molar-refractivity contribution in [1.29, 1.82) is 0 Å². The maximum Gasteiger partial charge on any atom is 0.218 e. The number of carbonyl (C=O) groups excluding carboxylic acids is 1. The van der Waals surface area contributed by atoms with E-state index in [4.69, 9.17) is 5.73 Å². The second-order valence-electron chi connectivity index (χ2n) is 3.90. The molecular formula is C9H21N3O2. The fourth-order valence-corrected chi connectivity index (χ4v) is 1.20. The molecule has 0 aromatic heterocycles. The summed E-state index contributed by atoms with van der Waals surface area (Å²) < 4.78 is 0. The predicted molar refractivity (Wildman–Crippen MR) is 55.8 cm³/mol. The van der Waals surface area contributed by atoms with E-state index in [1.165, 1.54) is 0 Å². The first-order valence-corrected chi connectivity index (χ1v) is 4.76. The van der Waals surface area contributed by atoms with Gasteiger partial charge in [-0.15, -0.1) is 0 Å². The molecule has 0 aliphatic carbocycles. The van der Waals surface area contributed by atoms with Crippen LogP contribution in [0.4, 0.5) is 0 Å². The van der Waals surface area contributed by atoms with Crippen LogP contribution in [0, 0.1) is 0 Å². The minimum atomic E-state index is -0.416. The fourth-order valence-electron chi connectivity index (χ4n) is 1.20. The molecule has 84 valence electrons. The topological polar surface area (TPSA) is 78.6 Å². The van der Waals surface area contributed by atoms with Gasteiger partial charge in [0.2, 0.25) is 5.91 Å². The fraction of sp³-hybridized carbons (Fsp3) is 0.889. The molecule has 0 fully saturated rings. The van der Waals surface area contributed by atoms with Crippen LogP contribution in [-0.2, 0) is 4.79 Å². The molecule has 0 aromatic rings. The highest BCUT2D eigenvalue weighted by molar-refractivity contribution is 5.74. The molecule has 0 spiro atoms. The number of aliphatic hydroxyl groups is 1. The largest absolute Gasteiger partial charge is 0.390 e. The lowest BCUT2D eigenvalue weighted by Crippen LogP contribution is -2.40. The average molecular weight is 203 g/mol. The highest BCUT2D eigenvalue weighted by Gasteiger charge is 2.09. The van der Waals surface area contributed by atoms with Gasteiger partial charge in [0.05, 0.1) is 6.10 Å². The van der Waals surface area contributed by atoms with E-state index in [2.05, 4.69) is 5.32 Å². The van der Waals surface area contributed by atoms with Gasteiger partial charge >= 0.3 is 0 Å². The smallest absolute Gasteiger partial charge is 0.218 e. The summed E-state index contributed by atoms with van der Waals surface area (Å²) in [7, 11) is 3.80. The lowest BCUT2D eigenvalue weighted by atomic mass is 10.2. The second-order valence-corrected chi connectivity index (χ2v) is 3.90. The summed E-state index contributed by atoms with van der Waals surface area (Å²) in [6.45, 7) is 2.95. The van der Waals surface area contributed by atoms with Crippen LogP contribution in [-0.4, -0.2) is 55.2 Å². The van der Waals surface area contributed by atoms with Gasteiger partial charge in [-0.25, -0.2) is 0 Å². The summed E-state index contributed by atoms with van der Waals surface area (Å²) in [5, 5.41) is 12.5. The van der Waals surface area contributed by atoms with Crippen molar-refractivity contribution < 1.29 is 9.90 Å². The van der Waals surface area contributed by atoms with E-state index < -0.39 is 6.10 Å². The molecule has 4 N–H and O–H groups in total. The van der Waals surface area contributed by atoms with Crippen molar-refractivity contribution in [2.75, 3.05) is 27.2 Å². The highest BCUT2D eigenvalue weighted by Crippen LogP contribution is 1.90. The first kappa shape index (κ1) is 13.4. The molecule has 5 heteroatoms. The third-order valence-electron chi connectivity index (χ3n) is 1.79. The molecule has 5 nitrogen and oxygen atoms in total. The number of nitrogens with two attached hydrogens (primary N) is 1. The molecule has 14 heavy (non-hydrogen) atoms. The van der Waals surface area contributed by atoms with E-state index in [-0.39, 0.29) is 11.9 Å². The number of nitrogens with zero attached hydrogens (tertiary/aromatic N) is 1. The van der Waals surface area contributed by atoms with Gasteiger partial charge < -0.3 is 21.1 Å². The molecular weight excluding hydrogens is 182 g/mol. The Morgan fingerprint density at radius 2 is 2.14 bits per heavy atom. The van der Waals surface area contributed by atoms with Gasteiger partial charge in [-0.3, -0.25) is 4.79 Å². The number of aliphatic hydroxyl groups excluding tert-OH is 1. The van der Waals surface area contributed by atoms with Gasteiger partial charge in [0, 0.05) is 25.6 Å². The quantitative estimate of drug-likeness (QED) is 0.484. The normalized spacial score (nSPS) is 15.5. The van der Waals surface area contributed by atoms with Crippen LogP contribution in [0.25, 0.3) is 0 Å². The molecule has 0 aliphatic rings. The number of amides is 1. The summed E-state index contributed by atoms with van der Waals surface area (Å²) in [6.07, 6.45) is -0.116. The van der Waals surface area contributed by atoms with Crippen LogP contribution in [0.2, 0.25) is 0 Å². The number of rotatable bonds is 7. The van der Waals surface area contributed by atoms with Gasteiger partial charge in [0.1, 0.15) is 0 Å². The van der Waals surface area contributed by atoms with Crippen molar-refractivity contribution >= 4 is 5.91 Å². The highest BCUT2D eigenvalue weighted by atomic mass is 16.3. The monoisotopic (exact) mass is 203 g/mol. The van der Waals surface area contributed by atoms with Gasteiger partial charge in [0.15, 0.2) is 0 Å². The molecule has 0 saturated heterocycles. The Labute approximate surface area is 85.3 Å². The first-order chi connectivity index (χ1) is 6.41. The van der Waals surface area contributed by atoms with E-state index in [1.807, 2.05) is 25.9 Å². The van der Waals surface area contributed by atoms with E-state index in [9.17, 15) is 9.90 Å². The minimum absolute atomic E-state index is 0.0179. The summed E-state index contributed by atoms with van der Waals surface area (Å²) >= 11 is 0. The Bertz CT molecular complexity index is 173. The number of carbonyl (C=O) groups is 1. The Morgan fingerprint density at radius 1 is 1.57 bits per heavy atom. The van der Waals surface area contributed by atoms with Gasteiger partial charge in [0.25, 0.3) is 0 Å². The molecule has 2 atom stereocenters. The van der Waals surface area contributed by atoms with Crippen LogP contribution in [0.3, 0.4) is 0 Å². The zero-order valence-electron chi connectivity index (χ0n) is 9.16. The van der Waals surface area contributed by atoms with Crippen LogP contribution >= 0.6 is 0 Å². The van der Waals surface area contributed by atoms with Gasteiger partial charge in [-0.05, 0) is 21.0 Å². The van der Waals surface area contributed by atoms with Crippen molar-refractivity contribution in [2.45, 2.75) is 25.5 Å². The molecule has 2 unspecified atom stereocenters. The third kappa shape index (κ3) is 7.97. The molecule has 1 amide bonds. The maximum absolute atomic E-state index is 10.5. The van der Waals surface area contributed by atoms with Gasteiger partial charge in [-0.1, -0.05) is 0 Å². The average Bonchev–Trinajstić information content (AvgIpc) is 1.98. The number of nitrogens with one attached hydrogen (secondary N) is 1. The Hall–Kier alpha value is -0.650. The zero-order valence-corrected chi connectivity index (χ0v) is 9.16. The molecule has 0 heterocycles. The standard InChI is InChI=1S/C9H21N3O2/c1-7(4-9(10)14)11-5-8(13)6-12(2)3/h7-8,11,13H,4-6H2,1-3H3,(H2,10,14). The number of hydrogen-bond donors (Lipinski definition) is 3. The Balaban J connectivity index is 3.55. The van der Waals surface area contributed by atoms with Crippen molar-refractivity contribution in [3.63, 3.8) is 0 Å². The molecule has 0 aliphatic heterocycles. The predicted octanol–water partition coefficient (Wildman–Crippen LogP) is -1.24. The molecule has 0 rings (SSSR count). The van der Waals surface area contributed by atoms with E-state index in [0.717, 1.165) is 0 Å². The molecule has 0 radical (unpaired) electrons. The lowest BCUT2D eigenvalue weighted by Gasteiger charge is -2.18. The second kappa shape index (κ2) is 6.75. The summed E-state index contributed by atoms with van der Waals surface area (Å²) in [5.41, 5.74) is 5.03. The van der Waals surface area contributed by atoms with Crippen LogP contribution in [0.15, 0.2) is 0 Å². The van der Waals surface area contributed by atoms with Crippen LogP contribution < -0.4 is 11.1 Å². The maximum atomic E-state index is 10.5. The molecule has 0 aromatic carbocycles. The van der Waals surface area contributed by atoms with Crippen molar-refractivity contribution in [1.82, 2.24) is 10.2 Å². The van der Waals surface area contributed by atoms with Crippen LogP contribution in [0.5, 0.6) is 0 Å². The minimum Gasteiger partial charge on any atom is -0.390 e. The Kier molecular flexibility index (Phi) is 6.44. The van der Waals surface area contributed by atoms with Crippen molar-refractivity contribution in [3.05, 3.63) is 0 Å². The summed E-state index contributed by atoms with van der Waals surface area (Å²) in [4.78, 5) is 12.5. The number of primary amides is 1. The van der Waals surface area contributed by atoms with Crippen LogP contribution in [0.1, 0.15) is 13.3 Å². The van der Waals surface area contributed by atoms with Gasteiger partial charge in [-0.2, -0.15) is 0 Å². The van der Waals surface area contributed by atoms with Crippen molar-refractivity contribution in [3.8, 4) is 0 Å². The van der Waals surface area contributed by atoms with E-state index in [0.29, 0.717) is 19.5 Å². The Morgan fingerprint density at radius 3 is 2.57 bits per heavy atom. The SMILES string of the molecule is CC(CC(N)=O)NCC(O)CN(C)C.